The molecular weight excluding hydrogens is 248 g/mol. The Balaban J connectivity index is 2.55. The van der Waals surface area contributed by atoms with Gasteiger partial charge < -0.3 is 4.74 Å². The van der Waals surface area contributed by atoms with Gasteiger partial charge in [0.15, 0.2) is 5.78 Å². The molecule has 0 aliphatic rings. The second-order valence-electron chi connectivity index (χ2n) is 3.89. The van der Waals surface area contributed by atoms with Crippen molar-refractivity contribution in [3.63, 3.8) is 0 Å². The lowest BCUT2D eigenvalue weighted by atomic mass is 10.0. The van der Waals surface area contributed by atoms with Crippen LogP contribution in [0.15, 0.2) is 48.0 Å². The number of carbonyl (C=O) groups excluding carboxylic acids is 1. The van der Waals surface area contributed by atoms with Crippen LogP contribution in [0.5, 0.6) is 5.75 Å². The Morgan fingerprint density at radius 1 is 1.28 bits per heavy atom. The van der Waals surface area contributed by atoms with Crippen LogP contribution in [0.2, 0.25) is 0 Å². The zero-order chi connectivity index (χ0) is 13.0. The Morgan fingerprint density at radius 2 is 2.06 bits per heavy atom. The van der Waals surface area contributed by atoms with Crippen molar-refractivity contribution >= 4 is 28.2 Å². The number of carbonyl (C=O) groups is 1. The zero-order valence-corrected chi connectivity index (χ0v) is 10.8. The molecule has 0 aliphatic carbocycles. The number of benzene rings is 2. The van der Waals surface area contributed by atoms with Gasteiger partial charge in [-0.25, -0.2) is 0 Å². The number of hydrogen-bond acceptors (Lipinski definition) is 2. The Morgan fingerprint density at radius 3 is 2.78 bits per heavy atom. The summed E-state index contributed by atoms with van der Waals surface area (Å²) in [5.74, 6) is 0.612. The molecule has 18 heavy (non-hydrogen) atoms. The number of ketones is 1. The molecule has 0 unspecified atom stereocenters. The summed E-state index contributed by atoms with van der Waals surface area (Å²) in [6, 6.07) is 11.5. The maximum absolute atomic E-state index is 11.6. The van der Waals surface area contributed by atoms with Crippen LogP contribution in [-0.2, 0) is 0 Å². The first-order valence-corrected chi connectivity index (χ1v) is 6.08. The van der Waals surface area contributed by atoms with E-state index in [4.69, 9.17) is 16.3 Å². The molecule has 2 rings (SSSR count). The molecule has 0 saturated heterocycles. The number of Topliss-reactive ketones (excluding diaryl/α,β-unsaturated/α-hetero) is 1. The summed E-state index contributed by atoms with van der Waals surface area (Å²) in [6.07, 6.45) is 1.69. The summed E-state index contributed by atoms with van der Waals surface area (Å²) < 4.78 is 5.66. The Kier molecular flexibility index (Phi) is 4.00. The normalized spacial score (nSPS) is 11.0. The van der Waals surface area contributed by atoms with Gasteiger partial charge in [-0.15, -0.1) is 0 Å². The lowest BCUT2D eigenvalue weighted by molar-refractivity contribution is 0.101. The molecule has 0 N–H and O–H groups in total. The molecule has 3 heteroatoms. The third-order valence-electron chi connectivity index (χ3n) is 2.67. The van der Waals surface area contributed by atoms with Crippen molar-refractivity contribution in [1.29, 1.82) is 0 Å². The largest absolute Gasteiger partial charge is 0.488 e. The van der Waals surface area contributed by atoms with E-state index in [2.05, 4.69) is 0 Å². The number of rotatable bonds is 4. The van der Waals surface area contributed by atoms with Crippen LogP contribution in [0.4, 0.5) is 0 Å². The van der Waals surface area contributed by atoms with E-state index in [1.54, 1.807) is 12.1 Å². The summed E-state index contributed by atoms with van der Waals surface area (Å²) in [7, 11) is 0. The van der Waals surface area contributed by atoms with Crippen LogP contribution in [0.25, 0.3) is 10.8 Å². The van der Waals surface area contributed by atoms with Gasteiger partial charge in [-0.3, -0.25) is 4.79 Å². The van der Waals surface area contributed by atoms with E-state index in [-0.39, 0.29) is 5.78 Å². The van der Waals surface area contributed by atoms with Crippen molar-refractivity contribution < 1.29 is 9.53 Å². The lowest BCUT2D eigenvalue weighted by Gasteiger charge is -2.11. The molecule has 0 saturated carbocycles. The average Bonchev–Trinajstić information content (AvgIpc) is 2.38. The summed E-state index contributed by atoms with van der Waals surface area (Å²) in [6.45, 7) is 1.88. The van der Waals surface area contributed by atoms with E-state index in [1.165, 1.54) is 12.5 Å². The van der Waals surface area contributed by atoms with Crippen molar-refractivity contribution in [2.75, 3.05) is 6.61 Å². The highest BCUT2D eigenvalue weighted by atomic mass is 35.5. The molecular formula is C15H13ClO2. The van der Waals surface area contributed by atoms with Crippen molar-refractivity contribution in [3.05, 3.63) is 53.6 Å². The number of hydrogen-bond donors (Lipinski definition) is 0. The first-order valence-electron chi connectivity index (χ1n) is 5.64. The van der Waals surface area contributed by atoms with Crippen LogP contribution in [-0.4, -0.2) is 12.4 Å². The zero-order valence-electron chi connectivity index (χ0n) is 10.0. The van der Waals surface area contributed by atoms with Gasteiger partial charge in [0.2, 0.25) is 0 Å². The number of ether oxygens (including phenoxy) is 1. The first kappa shape index (κ1) is 12.7. The summed E-state index contributed by atoms with van der Waals surface area (Å²) >= 11 is 5.46. The number of halogens is 1. The van der Waals surface area contributed by atoms with Gasteiger partial charge in [0.1, 0.15) is 12.4 Å². The van der Waals surface area contributed by atoms with Gasteiger partial charge in [0.05, 0.1) is 5.56 Å². The minimum atomic E-state index is -0.00870. The predicted molar refractivity (Wildman–Crippen MR) is 74.4 cm³/mol. The molecule has 92 valence electrons. The molecule has 0 heterocycles. The summed E-state index contributed by atoms with van der Waals surface area (Å²) in [4.78, 5) is 11.6. The predicted octanol–water partition coefficient (Wildman–Crippen LogP) is 4.17. The Hall–Kier alpha value is -1.80. The van der Waals surface area contributed by atoms with Gasteiger partial charge in [-0.2, -0.15) is 0 Å². The van der Waals surface area contributed by atoms with Gasteiger partial charge in [-0.1, -0.05) is 41.9 Å². The highest BCUT2D eigenvalue weighted by Crippen LogP contribution is 2.30. The van der Waals surface area contributed by atoms with E-state index >= 15 is 0 Å². The van der Waals surface area contributed by atoms with Crippen molar-refractivity contribution in [1.82, 2.24) is 0 Å². The molecule has 0 atom stereocenters. The third-order valence-corrected chi connectivity index (χ3v) is 2.85. The first-order chi connectivity index (χ1) is 8.74. The molecule has 0 fully saturated rings. The van der Waals surface area contributed by atoms with Crippen LogP contribution in [0.1, 0.15) is 17.3 Å². The number of fused-ring (bicyclic) bond motifs is 1. The maximum Gasteiger partial charge on any atom is 0.163 e. The van der Waals surface area contributed by atoms with Crippen molar-refractivity contribution in [2.45, 2.75) is 6.92 Å². The molecule has 0 aromatic heterocycles. The second kappa shape index (κ2) is 5.69. The van der Waals surface area contributed by atoms with Crippen LogP contribution >= 0.6 is 11.6 Å². The van der Waals surface area contributed by atoms with Gasteiger partial charge in [-0.05, 0) is 24.5 Å². The molecule has 0 bridgehead atoms. The molecule has 2 aromatic rings. The minimum Gasteiger partial charge on any atom is -0.488 e. The van der Waals surface area contributed by atoms with Gasteiger partial charge >= 0.3 is 0 Å². The van der Waals surface area contributed by atoms with E-state index in [1.807, 2.05) is 30.3 Å². The highest BCUT2D eigenvalue weighted by molar-refractivity contribution is 6.25. The SMILES string of the molecule is CC(=O)c1ccc2ccccc2c1OC/C=C/Cl. The lowest BCUT2D eigenvalue weighted by Crippen LogP contribution is -2.02. The fourth-order valence-corrected chi connectivity index (χ4v) is 1.92. The molecule has 0 amide bonds. The summed E-state index contributed by atoms with van der Waals surface area (Å²) in [5.41, 5.74) is 2.00. The van der Waals surface area contributed by atoms with Crippen LogP contribution in [0.3, 0.4) is 0 Å². The standard InChI is InChI=1S/C15H13ClO2/c1-11(17)13-8-7-12-5-2-3-6-14(12)15(13)18-10-4-9-16/h2-9H,10H2,1H3/b9-4+. The fourth-order valence-electron chi connectivity index (χ4n) is 1.84. The monoisotopic (exact) mass is 260 g/mol. The summed E-state index contributed by atoms with van der Waals surface area (Å²) in [5, 5.41) is 1.99. The highest BCUT2D eigenvalue weighted by Gasteiger charge is 2.11. The van der Waals surface area contributed by atoms with Gasteiger partial charge in [0, 0.05) is 10.9 Å². The second-order valence-corrected chi connectivity index (χ2v) is 4.14. The van der Waals surface area contributed by atoms with Crippen LogP contribution in [0, 0.1) is 0 Å². The van der Waals surface area contributed by atoms with Gasteiger partial charge in [0.25, 0.3) is 0 Å². The fraction of sp³-hybridized carbons (Fsp3) is 0.133. The molecule has 0 spiro atoms. The van der Waals surface area contributed by atoms with Crippen LogP contribution < -0.4 is 4.74 Å². The average molecular weight is 261 g/mol. The molecule has 0 radical (unpaired) electrons. The van der Waals surface area contributed by atoms with E-state index < -0.39 is 0 Å². The molecule has 0 aliphatic heterocycles. The Labute approximate surface area is 111 Å². The van der Waals surface area contributed by atoms with E-state index in [0.717, 1.165) is 10.8 Å². The smallest absolute Gasteiger partial charge is 0.163 e. The maximum atomic E-state index is 11.6. The molecule has 2 nitrogen and oxygen atoms in total. The van der Waals surface area contributed by atoms with E-state index in [9.17, 15) is 4.79 Å². The third kappa shape index (κ3) is 2.54. The molecule has 2 aromatic carbocycles. The Bertz CT molecular complexity index is 602. The quantitative estimate of drug-likeness (QED) is 0.771. The van der Waals surface area contributed by atoms with Crippen molar-refractivity contribution in [2.24, 2.45) is 0 Å². The van der Waals surface area contributed by atoms with E-state index in [0.29, 0.717) is 17.9 Å². The van der Waals surface area contributed by atoms with Crippen molar-refractivity contribution in [3.8, 4) is 5.75 Å². The minimum absolute atomic E-state index is 0.00870. The topological polar surface area (TPSA) is 26.3 Å².